The summed E-state index contributed by atoms with van der Waals surface area (Å²) >= 11 is 0. The minimum atomic E-state index is -0.0118. The molecule has 0 fully saturated rings. The van der Waals surface area contributed by atoms with E-state index in [1.807, 2.05) is 48.5 Å². The van der Waals surface area contributed by atoms with E-state index in [4.69, 9.17) is 14.2 Å². The Balaban J connectivity index is 1.88. The Kier molecular flexibility index (Phi) is 6.67. The maximum Gasteiger partial charge on any atom is 0.166 e. The third kappa shape index (κ3) is 4.27. The fraction of sp³-hybridized carbons (Fsp3) is 0.321. The molecule has 0 spiro atoms. The first kappa shape index (κ1) is 23.5. The highest BCUT2D eigenvalue weighted by Gasteiger charge is 2.44. The van der Waals surface area contributed by atoms with Gasteiger partial charge in [0.15, 0.2) is 29.5 Å². The highest BCUT2D eigenvalue weighted by Crippen LogP contribution is 2.48. The molecule has 0 saturated carbocycles. The number of fused-ring (bicyclic) bond motifs is 1. The van der Waals surface area contributed by atoms with Crippen LogP contribution in [0.15, 0.2) is 60.7 Å². The Hall–Kier alpha value is -3.69. The van der Waals surface area contributed by atoms with Crippen molar-refractivity contribution in [3.8, 4) is 29.1 Å². The minimum Gasteiger partial charge on any atom is -0.504 e. The van der Waals surface area contributed by atoms with Crippen molar-refractivity contribution in [3.63, 3.8) is 0 Å². The molecule has 34 heavy (non-hydrogen) atoms. The first-order chi connectivity index (χ1) is 16.4. The van der Waals surface area contributed by atoms with Crippen LogP contribution >= 0.6 is 0 Å². The molecule has 3 aromatic rings. The largest absolute Gasteiger partial charge is 0.504 e. The highest BCUT2D eigenvalue weighted by atomic mass is 16.5. The Labute approximate surface area is 201 Å². The molecule has 6 nitrogen and oxygen atoms in total. The molecule has 0 saturated heterocycles. The summed E-state index contributed by atoms with van der Waals surface area (Å²) in [5.74, 6) is 1.97. The molecule has 4 rings (SSSR count). The molecule has 1 N–H and O–H groups in total. The number of ether oxygens (including phenoxy) is 3. The van der Waals surface area contributed by atoms with Gasteiger partial charge in [0.2, 0.25) is 0 Å². The molecule has 0 bridgehead atoms. The number of rotatable bonds is 7. The third-order valence-electron chi connectivity index (χ3n) is 6.98. The summed E-state index contributed by atoms with van der Waals surface area (Å²) in [6, 6.07) is 22.4. The maximum absolute atomic E-state index is 10.7. The van der Waals surface area contributed by atoms with E-state index in [0.29, 0.717) is 34.7 Å². The van der Waals surface area contributed by atoms with Crippen molar-refractivity contribution in [3.05, 3.63) is 82.9 Å². The number of aromatic hydroxyl groups is 1. The number of hydrogen-bond acceptors (Lipinski definition) is 5. The molecule has 0 aliphatic carbocycles. The van der Waals surface area contributed by atoms with Crippen LogP contribution in [0.25, 0.3) is 0 Å². The average Bonchev–Trinajstić information content (AvgIpc) is 2.86. The molecule has 3 atom stereocenters. The van der Waals surface area contributed by atoms with E-state index in [1.54, 1.807) is 21.3 Å². The number of hydrogen-bond donors (Lipinski definition) is 1. The van der Waals surface area contributed by atoms with Gasteiger partial charge in [-0.05, 0) is 41.0 Å². The quantitative estimate of drug-likeness (QED) is 0.405. The van der Waals surface area contributed by atoms with Gasteiger partial charge in [0, 0.05) is 12.0 Å². The summed E-state index contributed by atoms with van der Waals surface area (Å²) in [6.45, 7) is 1.11. The van der Waals surface area contributed by atoms with Gasteiger partial charge in [0.05, 0.1) is 40.8 Å². The highest BCUT2D eigenvalue weighted by molar-refractivity contribution is 5.52. The number of likely N-dealkylation sites (N-methyl/N-ethyl adjacent to an activating group) is 1. The topological polar surface area (TPSA) is 71.7 Å². The second-order valence-electron chi connectivity index (χ2n) is 9.00. The molecule has 1 aliphatic rings. The second-order valence-corrected chi connectivity index (χ2v) is 9.00. The van der Waals surface area contributed by atoms with Crippen LogP contribution in [0.2, 0.25) is 0 Å². The van der Waals surface area contributed by atoms with Crippen molar-refractivity contribution in [2.45, 2.75) is 18.4 Å². The number of benzene rings is 3. The van der Waals surface area contributed by atoms with Gasteiger partial charge in [-0.2, -0.15) is 5.26 Å². The Morgan fingerprint density at radius 3 is 2.26 bits per heavy atom. The fourth-order valence-electron chi connectivity index (χ4n) is 5.20. The first-order valence-corrected chi connectivity index (χ1v) is 11.3. The minimum absolute atomic E-state index is 0.0118. The molecule has 6 heteroatoms. The average molecular weight is 460 g/mol. The molecule has 0 aromatic heterocycles. The van der Waals surface area contributed by atoms with E-state index in [9.17, 15) is 10.4 Å². The standard InChI is InChI=1S/C28H30N2O4/c1-30(13-12-29)18-23(20-8-6-5-7-9-20)21-16-25(31)27(33-3)17-22(21)24(30)14-19-10-11-26(32-2)28(15-19)34-4/h5-11,15-17,23-24H,13-14,18H2,1-4H3/p+1. The summed E-state index contributed by atoms with van der Waals surface area (Å²) in [6.07, 6.45) is 0.695. The van der Waals surface area contributed by atoms with Crippen LogP contribution in [0, 0.1) is 11.3 Å². The summed E-state index contributed by atoms with van der Waals surface area (Å²) < 4.78 is 17.0. The summed E-state index contributed by atoms with van der Waals surface area (Å²) in [4.78, 5) is 0. The lowest BCUT2D eigenvalue weighted by atomic mass is 9.78. The second kappa shape index (κ2) is 9.66. The van der Waals surface area contributed by atoms with Crippen molar-refractivity contribution in [1.82, 2.24) is 0 Å². The van der Waals surface area contributed by atoms with Gasteiger partial charge in [-0.1, -0.05) is 36.4 Å². The monoisotopic (exact) mass is 459 g/mol. The number of nitrogens with zero attached hydrogens (tertiary/aromatic N) is 2. The SMILES string of the molecule is COc1cc2c(cc1O)C(c1ccccc1)C[N+](C)(CC#N)C2Cc1ccc(OC)c(OC)c1. The van der Waals surface area contributed by atoms with Crippen molar-refractivity contribution in [1.29, 1.82) is 5.26 Å². The van der Waals surface area contributed by atoms with E-state index in [2.05, 4.69) is 25.2 Å². The molecular formula is C28H31N2O4+. The van der Waals surface area contributed by atoms with E-state index in [0.717, 1.165) is 23.2 Å². The molecule has 3 unspecified atom stereocenters. The first-order valence-electron chi connectivity index (χ1n) is 11.3. The van der Waals surface area contributed by atoms with Crippen LogP contribution in [0.5, 0.6) is 23.0 Å². The molecule has 3 aromatic carbocycles. The van der Waals surface area contributed by atoms with Crippen molar-refractivity contribution >= 4 is 0 Å². The number of phenols is 1. The van der Waals surface area contributed by atoms with Crippen molar-refractivity contribution < 1.29 is 23.8 Å². The maximum atomic E-state index is 10.7. The van der Waals surface area contributed by atoms with Crippen LogP contribution < -0.4 is 14.2 Å². The summed E-state index contributed by atoms with van der Waals surface area (Å²) in [7, 11) is 6.96. The molecule has 176 valence electrons. The third-order valence-corrected chi connectivity index (χ3v) is 6.98. The van der Waals surface area contributed by atoms with Crippen LogP contribution in [-0.4, -0.2) is 51.1 Å². The van der Waals surface area contributed by atoms with Gasteiger partial charge in [-0.15, -0.1) is 0 Å². The van der Waals surface area contributed by atoms with Crippen molar-refractivity contribution in [2.24, 2.45) is 0 Å². The lowest BCUT2D eigenvalue weighted by Gasteiger charge is -2.47. The van der Waals surface area contributed by atoms with Gasteiger partial charge in [-0.3, -0.25) is 0 Å². The lowest BCUT2D eigenvalue weighted by molar-refractivity contribution is -0.936. The summed E-state index contributed by atoms with van der Waals surface area (Å²) in [5.41, 5.74) is 4.41. The number of methoxy groups -OCH3 is 3. The zero-order chi connectivity index (χ0) is 24.3. The Bertz CT molecular complexity index is 1210. The number of phenolic OH excluding ortho intramolecular Hbond substituents is 1. The van der Waals surface area contributed by atoms with Gasteiger partial charge in [0.25, 0.3) is 0 Å². The van der Waals surface area contributed by atoms with Crippen molar-refractivity contribution in [2.75, 3.05) is 41.5 Å². The van der Waals surface area contributed by atoms with Crippen LogP contribution in [0.3, 0.4) is 0 Å². The molecule has 0 amide bonds. The normalized spacial score (nSPS) is 21.3. The zero-order valence-corrected chi connectivity index (χ0v) is 20.1. The number of nitriles is 1. The Morgan fingerprint density at radius 2 is 1.62 bits per heavy atom. The molecule has 1 aliphatic heterocycles. The predicted molar refractivity (Wildman–Crippen MR) is 130 cm³/mol. The van der Waals surface area contributed by atoms with Gasteiger partial charge in [0.1, 0.15) is 12.1 Å². The smallest absolute Gasteiger partial charge is 0.166 e. The Morgan fingerprint density at radius 1 is 0.912 bits per heavy atom. The van der Waals surface area contributed by atoms with E-state index >= 15 is 0 Å². The van der Waals surface area contributed by atoms with Gasteiger partial charge >= 0.3 is 0 Å². The van der Waals surface area contributed by atoms with Gasteiger partial charge in [-0.25, -0.2) is 0 Å². The van der Waals surface area contributed by atoms with E-state index in [-0.39, 0.29) is 17.7 Å². The zero-order valence-electron chi connectivity index (χ0n) is 20.1. The molecule has 0 radical (unpaired) electrons. The van der Waals surface area contributed by atoms with Crippen LogP contribution in [-0.2, 0) is 6.42 Å². The summed E-state index contributed by atoms with van der Waals surface area (Å²) in [5, 5.41) is 20.5. The van der Waals surface area contributed by atoms with Crippen LogP contribution in [0.4, 0.5) is 0 Å². The van der Waals surface area contributed by atoms with E-state index < -0.39 is 0 Å². The predicted octanol–water partition coefficient (Wildman–Crippen LogP) is 4.82. The van der Waals surface area contributed by atoms with Gasteiger partial charge < -0.3 is 23.8 Å². The fourth-order valence-corrected chi connectivity index (χ4v) is 5.20. The molecular weight excluding hydrogens is 428 g/mol. The van der Waals surface area contributed by atoms with Crippen LogP contribution in [0.1, 0.15) is 34.2 Å². The lowest BCUT2D eigenvalue weighted by Crippen LogP contribution is -2.53. The van der Waals surface area contributed by atoms with E-state index in [1.165, 1.54) is 5.56 Å². The molecule has 1 heterocycles. The number of quaternary nitrogens is 1.